The van der Waals surface area contributed by atoms with Crippen molar-refractivity contribution >= 4 is 46.8 Å². The summed E-state index contributed by atoms with van der Waals surface area (Å²) in [5, 5.41) is 4.16. The fourth-order valence-corrected chi connectivity index (χ4v) is 6.68. The number of halogens is 1. The van der Waals surface area contributed by atoms with E-state index in [2.05, 4.69) is 5.32 Å². The summed E-state index contributed by atoms with van der Waals surface area (Å²) in [5.74, 6) is -0.993. The molecule has 3 aliphatic heterocycles. The Balaban J connectivity index is 1.61. The van der Waals surface area contributed by atoms with Gasteiger partial charge in [-0.1, -0.05) is 61.3 Å². The normalized spacial score (nSPS) is 27.3. The molecule has 3 heterocycles. The molecule has 1 N–H and O–H groups in total. The van der Waals surface area contributed by atoms with Crippen LogP contribution in [-0.2, 0) is 26.5 Å². The Morgan fingerprint density at radius 3 is 2.51 bits per heavy atom. The summed E-state index contributed by atoms with van der Waals surface area (Å²) in [5.41, 5.74) is 1.12. The van der Waals surface area contributed by atoms with Crippen LogP contribution < -0.4 is 10.2 Å². The molecule has 0 radical (unpaired) electrons. The highest BCUT2D eigenvalue weighted by Crippen LogP contribution is 2.55. The molecular weight excluding hydrogens is 482 g/mol. The minimum Gasteiger partial charge on any atom is -0.306 e. The van der Waals surface area contributed by atoms with E-state index in [4.69, 9.17) is 11.6 Å². The molecule has 8 heteroatoms. The Hall–Kier alpha value is -2.35. The zero-order valence-corrected chi connectivity index (χ0v) is 21.6. The lowest BCUT2D eigenvalue weighted by Crippen LogP contribution is -2.55. The zero-order chi connectivity index (χ0) is 24.7. The Labute approximate surface area is 215 Å². The maximum absolute atomic E-state index is 14.4. The molecule has 0 aliphatic carbocycles. The van der Waals surface area contributed by atoms with Gasteiger partial charge >= 0.3 is 0 Å². The van der Waals surface area contributed by atoms with Crippen molar-refractivity contribution in [1.29, 1.82) is 0 Å². The van der Waals surface area contributed by atoms with Crippen molar-refractivity contribution in [3.8, 4) is 0 Å². The third kappa shape index (κ3) is 3.71. The number of anilines is 1. The molecule has 0 aromatic heterocycles. The van der Waals surface area contributed by atoms with Crippen molar-refractivity contribution < 1.29 is 14.4 Å². The number of thioether (sulfide) groups is 1. The van der Waals surface area contributed by atoms with E-state index in [0.29, 0.717) is 24.5 Å². The maximum Gasteiger partial charge on any atom is 0.253 e. The van der Waals surface area contributed by atoms with Gasteiger partial charge in [0.25, 0.3) is 5.91 Å². The summed E-state index contributed by atoms with van der Waals surface area (Å²) in [7, 11) is 0. The number of fused-ring (bicyclic) bond motifs is 4. The monoisotopic (exact) mass is 511 g/mol. The molecule has 2 fully saturated rings. The first kappa shape index (κ1) is 24.3. The third-order valence-corrected chi connectivity index (χ3v) is 8.62. The average Bonchev–Trinajstić information content (AvgIpc) is 3.42. The molecule has 5 rings (SSSR count). The van der Waals surface area contributed by atoms with Crippen LogP contribution in [0.15, 0.2) is 48.5 Å². The van der Waals surface area contributed by atoms with Gasteiger partial charge in [0.15, 0.2) is 0 Å². The number of amides is 3. The van der Waals surface area contributed by atoms with Gasteiger partial charge in [-0.25, -0.2) is 0 Å². The molecule has 6 nitrogen and oxygen atoms in total. The van der Waals surface area contributed by atoms with Gasteiger partial charge < -0.3 is 4.90 Å². The van der Waals surface area contributed by atoms with E-state index < -0.39 is 17.4 Å². The molecule has 2 saturated heterocycles. The second-order valence-electron chi connectivity index (χ2n) is 9.53. The topological polar surface area (TPSA) is 69.7 Å². The van der Waals surface area contributed by atoms with Crippen LogP contribution in [0.4, 0.5) is 5.69 Å². The highest BCUT2D eigenvalue weighted by Gasteiger charge is 2.71. The molecule has 3 aliphatic rings. The van der Waals surface area contributed by atoms with Crippen LogP contribution in [-0.4, -0.2) is 47.2 Å². The number of nitrogens with zero attached hydrogens (tertiary/aromatic N) is 2. The number of unbranched alkanes of at least 4 members (excludes halogenated alkanes) is 1. The van der Waals surface area contributed by atoms with Crippen LogP contribution in [0.1, 0.15) is 37.3 Å². The molecule has 184 valence electrons. The zero-order valence-electron chi connectivity index (χ0n) is 20.0. The van der Waals surface area contributed by atoms with Gasteiger partial charge in [0.05, 0.1) is 18.4 Å². The number of likely N-dealkylation sites (tertiary alicyclic amines) is 1. The van der Waals surface area contributed by atoms with Crippen LogP contribution in [0, 0.1) is 11.8 Å². The van der Waals surface area contributed by atoms with Gasteiger partial charge in [0.1, 0.15) is 5.54 Å². The first-order valence-electron chi connectivity index (χ1n) is 12.2. The second kappa shape index (κ2) is 9.60. The minimum atomic E-state index is -1.25. The largest absolute Gasteiger partial charge is 0.306 e. The van der Waals surface area contributed by atoms with Crippen LogP contribution in [0.5, 0.6) is 0 Å². The van der Waals surface area contributed by atoms with Crippen LogP contribution >= 0.6 is 23.4 Å². The fraction of sp³-hybridized carbons (Fsp3) is 0.444. The summed E-state index contributed by atoms with van der Waals surface area (Å²) in [6.07, 6.45) is 4.39. The van der Waals surface area contributed by atoms with Gasteiger partial charge in [0, 0.05) is 28.9 Å². The standard InChI is InChI=1S/C27H30ClN3O3S/c1-3-4-14-30-24(32)22-20(13-15-35-2)29-27(23(22)25(30)33)18-10-6-8-12-21(18)31(26(27)34)16-17-9-5-7-11-19(17)28/h5-12,20,22-23,29H,3-4,13-16H2,1-2H3/t20-,22-,23+,27-/m1/s1. The SMILES string of the molecule is CCCCN1C(=O)[C@H]2[C@@H](C1=O)[C@@]1(N[C@@H]2CCSC)C(=O)N(Cc2ccccc2Cl)c2ccccc21. The Bertz CT molecular complexity index is 1170. The van der Waals surface area contributed by atoms with Crippen LogP contribution in [0.25, 0.3) is 0 Å². The minimum absolute atomic E-state index is 0.140. The molecule has 0 bridgehead atoms. The number of carbonyl (C=O) groups excluding carboxylic acids is 3. The number of nitrogens with one attached hydrogen (secondary N) is 1. The fourth-order valence-electron chi connectivity index (χ4n) is 5.99. The Morgan fingerprint density at radius 1 is 1.03 bits per heavy atom. The average molecular weight is 512 g/mol. The Kier molecular flexibility index (Phi) is 6.68. The molecular formula is C27H30ClN3O3S. The number of hydrogen-bond acceptors (Lipinski definition) is 5. The van der Waals surface area contributed by atoms with Crippen molar-refractivity contribution in [1.82, 2.24) is 10.2 Å². The highest BCUT2D eigenvalue weighted by atomic mass is 35.5. The number of rotatable bonds is 8. The lowest BCUT2D eigenvalue weighted by atomic mass is 9.76. The summed E-state index contributed by atoms with van der Waals surface area (Å²) in [6.45, 7) is 2.75. The van der Waals surface area contributed by atoms with Gasteiger partial charge in [-0.05, 0) is 42.5 Å². The molecule has 2 aromatic rings. The predicted octanol–water partition coefficient (Wildman–Crippen LogP) is 4.21. The van der Waals surface area contributed by atoms with Gasteiger partial charge in [0.2, 0.25) is 11.8 Å². The number of hydrogen-bond donors (Lipinski definition) is 1. The van der Waals surface area contributed by atoms with Gasteiger partial charge in [-0.2, -0.15) is 11.8 Å². The summed E-state index contributed by atoms with van der Waals surface area (Å²) >= 11 is 8.15. The number of para-hydroxylation sites is 1. The van der Waals surface area contributed by atoms with Crippen molar-refractivity contribution in [2.24, 2.45) is 11.8 Å². The smallest absolute Gasteiger partial charge is 0.253 e. The molecule has 0 unspecified atom stereocenters. The lowest BCUT2D eigenvalue weighted by molar-refractivity contribution is -0.143. The van der Waals surface area contributed by atoms with E-state index in [9.17, 15) is 14.4 Å². The quantitative estimate of drug-likeness (QED) is 0.538. The molecule has 35 heavy (non-hydrogen) atoms. The van der Waals surface area contributed by atoms with Crippen molar-refractivity contribution in [2.45, 2.75) is 44.3 Å². The molecule has 3 amide bonds. The molecule has 4 atom stereocenters. The van der Waals surface area contributed by atoms with Crippen LogP contribution in [0.2, 0.25) is 5.02 Å². The number of benzene rings is 2. The van der Waals surface area contributed by atoms with E-state index in [0.717, 1.165) is 35.4 Å². The molecule has 0 saturated carbocycles. The third-order valence-electron chi connectivity index (χ3n) is 7.61. The predicted molar refractivity (Wildman–Crippen MR) is 139 cm³/mol. The van der Waals surface area contributed by atoms with E-state index in [1.54, 1.807) is 16.7 Å². The second-order valence-corrected chi connectivity index (χ2v) is 10.9. The Morgan fingerprint density at radius 2 is 1.77 bits per heavy atom. The van der Waals surface area contributed by atoms with Gasteiger partial charge in [-0.15, -0.1) is 0 Å². The van der Waals surface area contributed by atoms with E-state index >= 15 is 0 Å². The first-order chi connectivity index (χ1) is 17.0. The van der Waals surface area contributed by atoms with Gasteiger partial charge in [-0.3, -0.25) is 24.6 Å². The van der Waals surface area contributed by atoms with Crippen molar-refractivity contribution in [2.75, 3.05) is 23.5 Å². The lowest BCUT2D eigenvalue weighted by Gasteiger charge is -2.30. The first-order valence-corrected chi connectivity index (χ1v) is 14.0. The highest BCUT2D eigenvalue weighted by molar-refractivity contribution is 7.98. The van der Waals surface area contributed by atoms with Crippen LogP contribution in [0.3, 0.4) is 0 Å². The molecule has 1 spiro atoms. The van der Waals surface area contributed by atoms with E-state index in [1.807, 2.05) is 61.7 Å². The number of imide groups is 1. The summed E-state index contributed by atoms with van der Waals surface area (Å²) in [6, 6.07) is 14.9. The molecule has 2 aromatic carbocycles. The van der Waals surface area contributed by atoms with E-state index in [1.165, 1.54) is 4.90 Å². The summed E-state index contributed by atoms with van der Waals surface area (Å²) < 4.78 is 0. The number of carbonyl (C=O) groups is 3. The van der Waals surface area contributed by atoms with Crippen molar-refractivity contribution in [3.05, 3.63) is 64.7 Å². The summed E-state index contributed by atoms with van der Waals surface area (Å²) in [4.78, 5) is 44.9. The maximum atomic E-state index is 14.4. The van der Waals surface area contributed by atoms with Crippen molar-refractivity contribution in [3.63, 3.8) is 0 Å². The van der Waals surface area contributed by atoms with E-state index in [-0.39, 0.29) is 23.8 Å².